The first-order valence-electron chi connectivity index (χ1n) is 6.60. The highest BCUT2D eigenvalue weighted by atomic mass is 32.2. The molecule has 1 N–H and O–H groups in total. The molecule has 3 fully saturated rings. The van der Waals surface area contributed by atoms with Crippen LogP contribution in [0.1, 0.15) is 32.6 Å². The number of fused-ring (bicyclic) bond motifs is 1. The van der Waals surface area contributed by atoms with Crippen molar-refractivity contribution in [2.45, 2.75) is 50.4 Å². The minimum Gasteiger partial charge on any atom is -0.368 e. The zero-order chi connectivity index (χ0) is 12.1. The van der Waals surface area contributed by atoms with Crippen LogP contribution in [-0.2, 0) is 14.6 Å². The Morgan fingerprint density at radius 3 is 2.94 bits per heavy atom. The second kappa shape index (κ2) is 3.93. The number of hydrogen-bond acceptors (Lipinski definition) is 4. The quantitative estimate of drug-likeness (QED) is 0.696. The zero-order valence-corrected chi connectivity index (χ0v) is 11.1. The van der Waals surface area contributed by atoms with E-state index in [0.717, 1.165) is 19.4 Å². The van der Waals surface area contributed by atoms with Crippen molar-refractivity contribution in [2.75, 3.05) is 18.1 Å². The zero-order valence-electron chi connectivity index (χ0n) is 10.3. The lowest BCUT2D eigenvalue weighted by molar-refractivity contribution is -0.144. The Kier molecular flexibility index (Phi) is 2.76. The van der Waals surface area contributed by atoms with Crippen LogP contribution >= 0.6 is 0 Å². The molecule has 0 radical (unpaired) electrons. The van der Waals surface area contributed by atoms with Crippen molar-refractivity contribution in [3.63, 3.8) is 0 Å². The number of ether oxygens (including phenoxy) is 1. The second-order valence-electron chi connectivity index (χ2n) is 6.11. The van der Waals surface area contributed by atoms with E-state index in [1.54, 1.807) is 0 Å². The molecule has 4 nitrogen and oxygen atoms in total. The summed E-state index contributed by atoms with van der Waals surface area (Å²) in [6.45, 7) is 3.09. The summed E-state index contributed by atoms with van der Waals surface area (Å²) in [6, 6.07) is 0.0304. The van der Waals surface area contributed by atoms with E-state index < -0.39 is 9.84 Å². The van der Waals surface area contributed by atoms with Crippen molar-refractivity contribution in [1.82, 2.24) is 5.32 Å². The van der Waals surface area contributed by atoms with Gasteiger partial charge in [0.25, 0.3) is 0 Å². The van der Waals surface area contributed by atoms with Crippen LogP contribution in [0.25, 0.3) is 0 Å². The molecule has 3 rings (SSSR count). The van der Waals surface area contributed by atoms with Crippen molar-refractivity contribution in [2.24, 2.45) is 5.92 Å². The first-order valence-corrected chi connectivity index (χ1v) is 8.42. The number of sulfone groups is 1. The van der Waals surface area contributed by atoms with Gasteiger partial charge in [-0.1, -0.05) is 19.8 Å². The third kappa shape index (κ3) is 2.25. The molecule has 2 heterocycles. The van der Waals surface area contributed by atoms with Crippen LogP contribution in [0.5, 0.6) is 0 Å². The van der Waals surface area contributed by atoms with Crippen molar-refractivity contribution in [1.29, 1.82) is 0 Å². The summed E-state index contributed by atoms with van der Waals surface area (Å²) in [6.07, 6.45) is 4.51. The molecule has 0 aromatic heterocycles. The molecule has 17 heavy (non-hydrogen) atoms. The Balaban J connectivity index is 1.75. The Bertz CT molecular complexity index is 408. The Hall–Kier alpha value is -0.130. The van der Waals surface area contributed by atoms with Crippen LogP contribution in [0.15, 0.2) is 0 Å². The first kappa shape index (κ1) is 11.9. The van der Waals surface area contributed by atoms with Crippen LogP contribution in [0.3, 0.4) is 0 Å². The maximum Gasteiger partial charge on any atom is 0.154 e. The molecule has 1 saturated carbocycles. The third-order valence-corrected chi connectivity index (χ3v) is 6.14. The fourth-order valence-electron chi connectivity index (χ4n) is 3.68. The average Bonchev–Trinajstić information content (AvgIpc) is 2.51. The van der Waals surface area contributed by atoms with E-state index in [9.17, 15) is 8.42 Å². The lowest BCUT2D eigenvalue weighted by atomic mass is 9.77. The first-order chi connectivity index (χ1) is 7.98. The van der Waals surface area contributed by atoms with Gasteiger partial charge in [-0.15, -0.1) is 0 Å². The van der Waals surface area contributed by atoms with E-state index in [2.05, 4.69) is 12.2 Å². The van der Waals surface area contributed by atoms with E-state index in [1.807, 2.05) is 0 Å². The average molecular weight is 259 g/mol. The van der Waals surface area contributed by atoms with Gasteiger partial charge < -0.3 is 10.1 Å². The molecule has 1 aliphatic carbocycles. The fraction of sp³-hybridized carbons (Fsp3) is 1.00. The lowest BCUT2D eigenvalue weighted by Crippen LogP contribution is -2.60. The minimum atomic E-state index is -2.89. The molecule has 4 atom stereocenters. The predicted octanol–water partition coefficient (Wildman–Crippen LogP) is 0.721. The molecule has 3 aliphatic rings. The molecule has 2 aliphatic heterocycles. The predicted molar refractivity (Wildman–Crippen MR) is 65.7 cm³/mol. The summed E-state index contributed by atoms with van der Waals surface area (Å²) in [7, 11) is -2.89. The van der Waals surface area contributed by atoms with Gasteiger partial charge in [0.2, 0.25) is 0 Å². The van der Waals surface area contributed by atoms with Crippen LogP contribution in [0.4, 0.5) is 0 Å². The summed E-state index contributed by atoms with van der Waals surface area (Å²) in [5, 5.41) is 3.41. The second-order valence-corrected chi connectivity index (χ2v) is 8.26. The largest absolute Gasteiger partial charge is 0.368 e. The summed E-state index contributed by atoms with van der Waals surface area (Å²) < 4.78 is 29.4. The van der Waals surface area contributed by atoms with Crippen LogP contribution in [0.2, 0.25) is 0 Å². The van der Waals surface area contributed by atoms with Crippen molar-refractivity contribution >= 4 is 9.84 Å². The maximum atomic E-state index is 11.6. The maximum absolute atomic E-state index is 11.6. The molecule has 5 heteroatoms. The van der Waals surface area contributed by atoms with Gasteiger partial charge in [0.15, 0.2) is 9.84 Å². The summed E-state index contributed by atoms with van der Waals surface area (Å²) in [4.78, 5) is 0. The summed E-state index contributed by atoms with van der Waals surface area (Å²) in [5.74, 6) is 1.16. The van der Waals surface area contributed by atoms with Crippen LogP contribution < -0.4 is 5.32 Å². The van der Waals surface area contributed by atoms with Crippen molar-refractivity contribution in [3.05, 3.63) is 0 Å². The number of rotatable bonds is 0. The number of nitrogens with one attached hydrogen (secondary N) is 1. The Morgan fingerprint density at radius 1 is 1.35 bits per heavy atom. The molecule has 1 spiro atoms. The molecule has 0 aromatic rings. The molecule has 0 aromatic carbocycles. The molecule has 0 bridgehead atoms. The third-order valence-electron chi connectivity index (χ3n) is 4.44. The van der Waals surface area contributed by atoms with Crippen molar-refractivity contribution < 1.29 is 13.2 Å². The van der Waals surface area contributed by atoms with E-state index in [4.69, 9.17) is 4.74 Å². The van der Waals surface area contributed by atoms with Gasteiger partial charge in [0.1, 0.15) is 0 Å². The fourth-order valence-corrected chi connectivity index (χ4v) is 5.50. The van der Waals surface area contributed by atoms with E-state index in [0.29, 0.717) is 5.92 Å². The number of hydrogen-bond donors (Lipinski definition) is 1. The van der Waals surface area contributed by atoms with E-state index in [-0.39, 0.29) is 29.3 Å². The van der Waals surface area contributed by atoms with Gasteiger partial charge in [0.05, 0.1) is 23.2 Å². The molecule has 4 unspecified atom stereocenters. The topological polar surface area (TPSA) is 55.4 Å². The lowest BCUT2D eigenvalue weighted by Gasteiger charge is -2.46. The van der Waals surface area contributed by atoms with E-state index in [1.165, 1.54) is 12.8 Å². The molecular weight excluding hydrogens is 238 g/mol. The van der Waals surface area contributed by atoms with Gasteiger partial charge in [-0.25, -0.2) is 8.42 Å². The van der Waals surface area contributed by atoms with Gasteiger partial charge >= 0.3 is 0 Å². The smallest absolute Gasteiger partial charge is 0.154 e. The molecule has 2 saturated heterocycles. The highest BCUT2D eigenvalue weighted by Gasteiger charge is 2.49. The monoisotopic (exact) mass is 259 g/mol. The summed E-state index contributed by atoms with van der Waals surface area (Å²) in [5.41, 5.74) is -0.0846. The van der Waals surface area contributed by atoms with Gasteiger partial charge in [-0.2, -0.15) is 0 Å². The summed E-state index contributed by atoms with van der Waals surface area (Å²) >= 11 is 0. The van der Waals surface area contributed by atoms with Gasteiger partial charge in [-0.05, 0) is 18.8 Å². The number of morpholine rings is 1. The normalized spacial score (nSPS) is 49.1. The minimum absolute atomic E-state index is 0.0304. The molecular formula is C12H21NO3S. The standard InChI is InChI=1S/C12H21NO3S/c1-9-3-2-4-12(5-9)8-13-10-6-17(14,15)7-11(10)16-12/h9-11,13H,2-8H2,1H3. The van der Waals surface area contributed by atoms with Crippen LogP contribution in [-0.4, -0.2) is 44.2 Å². The van der Waals surface area contributed by atoms with E-state index >= 15 is 0 Å². The van der Waals surface area contributed by atoms with Gasteiger partial charge in [0, 0.05) is 12.6 Å². The van der Waals surface area contributed by atoms with Crippen molar-refractivity contribution in [3.8, 4) is 0 Å². The Morgan fingerprint density at radius 2 is 2.18 bits per heavy atom. The highest BCUT2D eigenvalue weighted by molar-refractivity contribution is 7.91. The SMILES string of the molecule is CC1CCCC2(CNC3CS(=O)(=O)CC3O2)C1. The van der Waals surface area contributed by atoms with Crippen LogP contribution in [0, 0.1) is 5.92 Å². The highest BCUT2D eigenvalue weighted by Crippen LogP contribution is 2.39. The molecule has 0 amide bonds. The molecule has 98 valence electrons. The van der Waals surface area contributed by atoms with Gasteiger partial charge in [-0.3, -0.25) is 0 Å². The Labute approximate surface area is 103 Å².